The number of esters is 1. The zero-order chi connectivity index (χ0) is 15.4. The van der Waals surface area contributed by atoms with Gasteiger partial charge in [-0.25, -0.2) is 4.79 Å². The maximum atomic E-state index is 11.6. The van der Waals surface area contributed by atoms with Gasteiger partial charge in [-0.3, -0.25) is 10.1 Å². The number of nitro groups is 1. The van der Waals surface area contributed by atoms with Crippen LogP contribution in [0.2, 0.25) is 0 Å². The monoisotopic (exact) mass is 294 g/mol. The van der Waals surface area contributed by atoms with Gasteiger partial charge >= 0.3 is 5.97 Å². The molecule has 7 heteroatoms. The van der Waals surface area contributed by atoms with E-state index in [9.17, 15) is 14.9 Å². The Kier molecular flexibility index (Phi) is 4.74. The molecule has 7 nitrogen and oxygen atoms in total. The lowest BCUT2D eigenvalue weighted by Crippen LogP contribution is -2.35. The van der Waals surface area contributed by atoms with Gasteiger partial charge in [0.15, 0.2) is 0 Å². The number of anilines is 1. The van der Waals surface area contributed by atoms with Gasteiger partial charge in [-0.2, -0.15) is 0 Å². The number of hydrogen-bond acceptors (Lipinski definition) is 6. The van der Waals surface area contributed by atoms with Gasteiger partial charge in [-0.05, 0) is 30.9 Å². The maximum Gasteiger partial charge on any atom is 0.337 e. The molecule has 0 amide bonds. The van der Waals surface area contributed by atoms with Crippen LogP contribution in [0.15, 0.2) is 18.2 Å². The molecule has 1 aromatic rings. The molecular formula is C14H18N2O5. The van der Waals surface area contributed by atoms with E-state index in [-0.39, 0.29) is 18.2 Å². The third-order valence-corrected chi connectivity index (χ3v) is 3.81. The van der Waals surface area contributed by atoms with Crippen LogP contribution in [0, 0.1) is 16.0 Å². The van der Waals surface area contributed by atoms with Gasteiger partial charge in [-0.15, -0.1) is 0 Å². The van der Waals surface area contributed by atoms with Crippen LogP contribution in [0.5, 0.6) is 0 Å². The molecule has 0 spiro atoms. The minimum Gasteiger partial charge on any atom is -0.465 e. The highest BCUT2D eigenvalue weighted by Crippen LogP contribution is 2.32. The number of nitro benzene ring substituents is 1. The summed E-state index contributed by atoms with van der Waals surface area (Å²) in [6, 6.07) is 4.23. The smallest absolute Gasteiger partial charge is 0.337 e. The topological polar surface area (TPSA) is 92.9 Å². The molecule has 21 heavy (non-hydrogen) atoms. The maximum absolute atomic E-state index is 11.6. The number of carbonyl (C=O) groups excluding carboxylic acids is 1. The molecule has 1 fully saturated rings. The first-order valence-corrected chi connectivity index (χ1v) is 6.79. The summed E-state index contributed by atoms with van der Waals surface area (Å²) in [6.07, 6.45) is 1.55. The molecule has 1 heterocycles. The summed E-state index contributed by atoms with van der Waals surface area (Å²) in [6.45, 7) is 1.38. The van der Waals surface area contributed by atoms with Crippen LogP contribution in [0.3, 0.4) is 0 Å². The van der Waals surface area contributed by atoms with Crippen molar-refractivity contribution in [2.45, 2.75) is 12.8 Å². The van der Waals surface area contributed by atoms with Gasteiger partial charge in [-0.1, -0.05) is 0 Å². The first-order valence-electron chi connectivity index (χ1n) is 6.79. The summed E-state index contributed by atoms with van der Waals surface area (Å²) in [5.74, 6) is -0.277. The molecule has 1 aromatic carbocycles. The number of carbonyl (C=O) groups is 1. The van der Waals surface area contributed by atoms with Crippen LogP contribution in [0.4, 0.5) is 11.4 Å². The first kappa shape index (κ1) is 15.2. The highest BCUT2D eigenvalue weighted by Gasteiger charge is 2.25. The highest BCUT2D eigenvalue weighted by molar-refractivity contribution is 5.91. The molecule has 0 aliphatic carbocycles. The molecule has 1 saturated heterocycles. The first-order chi connectivity index (χ1) is 10.1. The average molecular weight is 294 g/mol. The fourth-order valence-corrected chi connectivity index (χ4v) is 2.53. The Balaban J connectivity index is 2.31. The number of ether oxygens (including phenoxy) is 1. The van der Waals surface area contributed by atoms with Crippen LogP contribution in [-0.2, 0) is 4.74 Å². The van der Waals surface area contributed by atoms with Crippen LogP contribution >= 0.6 is 0 Å². The van der Waals surface area contributed by atoms with E-state index < -0.39 is 10.9 Å². The molecule has 1 aliphatic rings. The fourth-order valence-electron chi connectivity index (χ4n) is 2.53. The SMILES string of the molecule is COC(=O)c1ccc([N+](=O)[O-])c(N2CCC(CO)CC2)c1. The lowest BCUT2D eigenvalue weighted by Gasteiger charge is -2.32. The molecular weight excluding hydrogens is 276 g/mol. The Morgan fingerprint density at radius 3 is 2.67 bits per heavy atom. The number of aliphatic hydroxyl groups excluding tert-OH is 1. The van der Waals surface area contributed by atoms with Gasteiger partial charge in [0, 0.05) is 25.8 Å². The van der Waals surface area contributed by atoms with Gasteiger partial charge in [0.05, 0.1) is 17.6 Å². The Morgan fingerprint density at radius 1 is 1.48 bits per heavy atom. The van der Waals surface area contributed by atoms with E-state index in [1.54, 1.807) is 0 Å². The average Bonchev–Trinajstić information content (AvgIpc) is 2.53. The summed E-state index contributed by atoms with van der Waals surface area (Å²) < 4.78 is 4.65. The highest BCUT2D eigenvalue weighted by atomic mass is 16.6. The van der Waals surface area contributed by atoms with Crippen molar-refractivity contribution in [3.8, 4) is 0 Å². The molecule has 114 valence electrons. The van der Waals surface area contributed by atoms with Crippen LogP contribution in [-0.4, -0.2) is 42.8 Å². The van der Waals surface area contributed by atoms with E-state index in [1.807, 2.05) is 4.90 Å². The standard InChI is InChI=1S/C14H18N2O5/c1-21-14(18)11-2-3-12(16(19)20)13(8-11)15-6-4-10(9-17)5-7-15/h2-3,8,10,17H,4-7,9H2,1H3. The van der Waals surface area contributed by atoms with Crippen molar-refractivity contribution in [3.05, 3.63) is 33.9 Å². The van der Waals surface area contributed by atoms with Crippen molar-refractivity contribution >= 4 is 17.3 Å². The van der Waals surface area contributed by atoms with Crippen LogP contribution in [0.1, 0.15) is 23.2 Å². The third-order valence-electron chi connectivity index (χ3n) is 3.81. The third kappa shape index (κ3) is 3.30. The Labute approximate surface area is 122 Å². The summed E-state index contributed by atoms with van der Waals surface area (Å²) in [5, 5.41) is 20.3. The normalized spacial score (nSPS) is 15.8. The van der Waals surface area contributed by atoms with Crippen molar-refractivity contribution in [1.29, 1.82) is 0 Å². The zero-order valence-corrected chi connectivity index (χ0v) is 11.8. The molecule has 0 atom stereocenters. The molecule has 0 aromatic heterocycles. The quantitative estimate of drug-likeness (QED) is 0.515. The molecule has 0 bridgehead atoms. The predicted molar refractivity (Wildman–Crippen MR) is 76.5 cm³/mol. The summed E-state index contributed by atoms with van der Waals surface area (Å²) in [5.41, 5.74) is 0.701. The summed E-state index contributed by atoms with van der Waals surface area (Å²) in [4.78, 5) is 24.2. The van der Waals surface area contributed by atoms with Crippen molar-refractivity contribution in [3.63, 3.8) is 0 Å². The molecule has 0 saturated carbocycles. The van der Waals surface area contributed by atoms with E-state index >= 15 is 0 Å². The van der Waals surface area contributed by atoms with Crippen LogP contribution < -0.4 is 4.90 Å². The Bertz CT molecular complexity index is 538. The van der Waals surface area contributed by atoms with E-state index in [4.69, 9.17) is 5.11 Å². The number of methoxy groups -OCH3 is 1. The van der Waals surface area contributed by atoms with Gasteiger partial charge in [0.2, 0.25) is 0 Å². The van der Waals surface area contributed by atoms with E-state index in [1.165, 1.54) is 25.3 Å². The van der Waals surface area contributed by atoms with E-state index in [0.717, 1.165) is 12.8 Å². The fraction of sp³-hybridized carbons (Fsp3) is 0.500. The molecule has 2 rings (SSSR count). The van der Waals surface area contributed by atoms with Crippen molar-refractivity contribution < 1.29 is 19.6 Å². The van der Waals surface area contributed by atoms with Gasteiger partial charge in [0.1, 0.15) is 5.69 Å². The van der Waals surface area contributed by atoms with Crippen molar-refractivity contribution in [2.75, 3.05) is 31.7 Å². The lowest BCUT2D eigenvalue weighted by molar-refractivity contribution is -0.384. The number of aliphatic hydroxyl groups is 1. The van der Waals surface area contributed by atoms with E-state index in [0.29, 0.717) is 24.3 Å². The zero-order valence-electron chi connectivity index (χ0n) is 11.8. The van der Waals surface area contributed by atoms with Crippen molar-refractivity contribution in [2.24, 2.45) is 5.92 Å². The summed E-state index contributed by atoms with van der Waals surface area (Å²) >= 11 is 0. The Morgan fingerprint density at radius 2 is 2.14 bits per heavy atom. The predicted octanol–water partition coefficient (Wildman–Crippen LogP) is 1.59. The molecule has 1 aliphatic heterocycles. The number of hydrogen-bond donors (Lipinski definition) is 1. The molecule has 0 unspecified atom stereocenters. The minimum atomic E-state index is -0.517. The van der Waals surface area contributed by atoms with Gasteiger partial charge < -0.3 is 14.7 Å². The summed E-state index contributed by atoms with van der Waals surface area (Å²) in [7, 11) is 1.27. The van der Waals surface area contributed by atoms with Crippen molar-refractivity contribution in [1.82, 2.24) is 0 Å². The second-order valence-corrected chi connectivity index (χ2v) is 5.07. The number of nitrogens with zero attached hydrogens (tertiary/aromatic N) is 2. The number of piperidine rings is 1. The lowest BCUT2D eigenvalue weighted by atomic mass is 9.97. The second-order valence-electron chi connectivity index (χ2n) is 5.07. The van der Waals surface area contributed by atoms with Crippen LogP contribution in [0.25, 0.3) is 0 Å². The minimum absolute atomic E-state index is 0.0231. The van der Waals surface area contributed by atoms with Gasteiger partial charge in [0.25, 0.3) is 5.69 Å². The molecule has 0 radical (unpaired) electrons. The molecule has 1 N–H and O–H groups in total. The number of benzene rings is 1. The largest absolute Gasteiger partial charge is 0.465 e. The number of rotatable bonds is 4. The Hall–Kier alpha value is -2.15. The van der Waals surface area contributed by atoms with E-state index in [2.05, 4.69) is 4.74 Å². The second kappa shape index (κ2) is 6.53.